The summed E-state index contributed by atoms with van der Waals surface area (Å²) < 4.78 is 10.7. The van der Waals surface area contributed by atoms with Crippen molar-refractivity contribution in [1.82, 2.24) is 0 Å². The molecule has 0 bridgehead atoms. The molecule has 0 spiro atoms. The summed E-state index contributed by atoms with van der Waals surface area (Å²) in [7, 11) is 0. The summed E-state index contributed by atoms with van der Waals surface area (Å²) >= 11 is 0. The van der Waals surface area contributed by atoms with Gasteiger partial charge in [-0.3, -0.25) is 9.59 Å². The van der Waals surface area contributed by atoms with Crippen molar-refractivity contribution >= 4 is 11.9 Å². The van der Waals surface area contributed by atoms with Crippen molar-refractivity contribution in [1.29, 1.82) is 0 Å². The highest BCUT2D eigenvalue weighted by atomic mass is 16.6. The number of hydrogen-bond donors (Lipinski definition) is 1. The second-order valence-electron chi connectivity index (χ2n) is 17.9. The Balaban J connectivity index is 3.56. The average molecular weight is 940 g/mol. The Hall–Kier alpha value is -3.96. The Kier molecular flexibility index (Phi) is 54.0. The number of carbonyl (C=O) groups excluding carboxylic acids is 2. The Morgan fingerprint density at radius 2 is 0.588 bits per heavy atom. The normalized spacial score (nSPS) is 13.3. The zero-order valence-electron chi connectivity index (χ0n) is 43.8. The molecule has 5 heteroatoms. The first kappa shape index (κ1) is 64.0. The van der Waals surface area contributed by atoms with Crippen molar-refractivity contribution in [2.45, 2.75) is 238 Å². The number of aliphatic hydroxyl groups is 1. The van der Waals surface area contributed by atoms with Gasteiger partial charge in [0.05, 0.1) is 6.61 Å². The van der Waals surface area contributed by atoms with Crippen LogP contribution in [-0.4, -0.2) is 36.4 Å². The van der Waals surface area contributed by atoms with Crippen molar-refractivity contribution in [2.75, 3.05) is 13.2 Å². The summed E-state index contributed by atoms with van der Waals surface area (Å²) in [6, 6.07) is 0. The third-order valence-electron chi connectivity index (χ3n) is 11.4. The molecule has 0 aliphatic rings. The zero-order valence-corrected chi connectivity index (χ0v) is 43.8. The molecule has 1 atom stereocenters. The first-order valence-corrected chi connectivity index (χ1v) is 27.7. The van der Waals surface area contributed by atoms with Crippen LogP contribution in [0.25, 0.3) is 0 Å². The molecule has 384 valence electrons. The van der Waals surface area contributed by atoms with Crippen LogP contribution < -0.4 is 0 Å². The number of unbranched alkanes of at least 4 members (excludes halogenated alkanes) is 19. The minimum absolute atomic E-state index is 0.0839. The quantitative estimate of drug-likeness (QED) is 0.0374. The highest BCUT2D eigenvalue weighted by Crippen LogP contribution is 2.15. The van der Waals surface area contributed by atoms with Crippen molar-refractivity contribution in [2.24, 2.45) is 0 Å². The molecule has 0 aromatic heterocycles. The molecule has 5 nitrogen and oxygen atoms in total. The third kappa shape index (κ3) is 54.6. The molecule has 1 unspecified atom stereocenters. The van der Waals surface area contributed by atoms with Gasteiger partial charge in [0.25, 0.3) is 0 Å². The molecular weight excluding hydrogens is 837 g/mol. The number of ether oxygens (including phenoxy) is 2. The number of carbonyl (C=O) groups is 2. The lowest BCUT2D eigenvalue weighted by Crippen LogP contribution is -2.28. The minimum atomic E-state index is -0.796. The summed E-state index contributed by atoms with van der Waals surface area (Å²) in [6.07, 6.45) is 85.6. The lowest BCUT2D eigenvalue weighted by molar-refractivity contribution is -0.161. The van der Waals surface area contributed by atoms with Gasteiger partial charge in [0, 0.05) is 12.8 Å². The molecule has 0 radical (unpaired) electrons. The molecular formula is C63H102O5. The Labute approximate surface area is 419 Å². The fraction of sp³-hybridized carbons (Fsp3) is 0.619. The number of hydrogen-bond acceptors (Lipinski definition) is 5. The van der Waals surface area contributed by atoms with Crippen LogP contribution in [0.1, 0.15) is 232 Å². The number of esters is 2. The molecule has 0 amide bonds. The predicted molar refractivity (Wildman–Crippen MR) is 297 cm³/mol. The Bertz CT molecular complexity index is 1430. The van der Waals surface area contributed by atoms with Gasteiger partial charge in [-0.25, -0.2) is 0 Å². The van der Waals surface area contributed by atoms with E-state index < -0.39 is 6.10 Å². The van der Waals surface area contributed by atoms with Crippen molar-refractivity contribution < 1.29 is 24.2 Å². The van der Waals surface area contributed by atoms with E-state index in [4.69, 9.17) is 9.47 Å². The largest absolute Gasteiger partial charge is 0.462 e. The van der Waals surface area contributed by atoms with Gasteiger partial charge in [0.15, 0.2) is 6.10 Å². The SMILES string of the molecule is CC/C=C\C/C=C\C/C=C\C/C=C\C/C=C\C/C=C\CCCCCCC(=O)OC(CO)COC(=O)CCCCCCCCCCCCCCCCC/C=C\C/C=C\C/C=C\C/C=C\C/C=C\CC. The molecule has 0 aliphatic carbocycles. The van der Waals surface area contributed by atoms with Crippen LogP contribution in [0.2, 0.25) is 0 Å². The third-order valence-corrected chi connectivity index (χ3v) is 11.4. The lowest BCUT2D eigenvalue weighted by Gasteiger charge is -2.15. The Morgan fingerprint density at radius 3 is 0.882 bits per heavy atom. The van der Waals surface area contributed by atoms with Gasteiger partial charge in [-0.2, -0.15) is 0 Å². The first-order valence-electron chi connectivity index (χ1n) is 27.7. The van der Waals surface area contributed by atoms with Crippen molar-refractivity contribution in [3.05, 3.63) is 134 Å². The van der Waals surface area contributed by atoms with E-state index in [1.807, 2.05) is 0 Å². The molecule has 0 saturated carbocycles. The lowest BCUT2D eigenvalue weighted by atomic mass is 10.0. The first-order chi connectivity index (χ1) is 33.6. The van der Waals surface area contributed by atoms with E-state index >= 15 is 0 Å². The summed E-state index contributed by atoms with van der Waals surface area (Å²) in [5.41, 5.74) is 0. The zero-order chi connectivity index (χ0) is 49.2. The number of aliphatic hydroxyl groups excluding tert-OH is 1. The van der Waals surface area contributed by atoms with Gasteiger partial charge < -0.3 is 14.6 Å². The summed E-state index contributed by atoms with van der Waals surface area (Å²) in [6.45, 7) is 3.89. The van der Waals surface area contributed by atoms with Crippen molar-refractivity contribution in [3.63, 3.8) is 0 Å². The van der Waals surface area contributed by atoms with Crippen LogP contribution in [0.15, 0.2) is 134 Å². The van der Waals surface area contributed by atoms with Crippen LogP contribution in [0.3, 0.4) is 0 Å². The standard InChI is InChI=1S/C63H102O5/c1-3-5-7-9-11-13-15-17-19-21-23-25-27-28-29-30-31-32-33-34-36-37-39-41-43-45-47-49-51-53-55-57-62(65)67-60-61(59-64)68-63(66)58-56-54-52-50-48-46-44-42-40-38-35-26-24-22-20-18-16-14-12-10-8-6-4-2/h5-8,11-14,17-20,23-26,28-29,38,40,44,46,61,64H,3-4,9-10,15-16,21-22,27,30-37,39,41-43,45,47-60H2,1-2H3/b7-5-,8-6-,13-11-,14-12-,19-17-,20-18-,25-23-,26-24-,29-28-,40-38-,46-44-. The topological polar surface area (TPSA) is 72.8 Å². The van der Waals surface area contributed by atoms with Gasteiger partial charge in [-0.05, 0) is 109 Å². The van der Waals surface area contributed by atoms with Crippen LogP contribution in [0.5, 0.6) is 0 Å². The summed E-state index contributed by atoms with van der Waals surface area (Å²) in [5, 5.41) is 9.65. The minimum Gasteiger partial charge on any atom is -0.462 e. The van der Waals surface area contributed by atoms with Crippen molar-refractivity contribution in [3.8, 4) is 0 Å². The number of rotatable bonds is 49. The molecule has 0 heterocycles. The van der Waals surface area contributed by atoms with E-state index in [1.165, 1.54) is 83.5 Å². The predicted octanol–water partition coefficient (Wildman–Crippen LogP) is 18.9. The van der Waals surface area contributed by atoms with E-state index in [0.717, 1.165) is 122 Å². The highest BCUT2D eigenvalue weighted by Gasteiger charge is 2.16. The summed E-state index contributed by atoms with van der Waals surface area (Å²) in [5.74, 6) is -0.625. The maximum Gasteiger partial charge on any atom is 0.306 e. The molecule has 0 aromatic carbocycles. The van der Waals surface area contributed by atoms with E-state index in [-0.39, 0.29) is 25.2 Å². The van der Waals surface area contributed by atoms with Gasteiger partial charge in [-0.15, -0.1) is 0 Å². The Morgan fingerprint density at radius 1 is 0.338 bits per heavy atom. The van der Waals surface area contributed by atoms with E-state index in [9.17, 15) is 14.7 Å². The van der Waals surface area contributed by atoms with E-state index in [0.29, 0.717) is 12.8 Å². The van der Waals surface area contributed by atoms with Gasteiger partial charge in [-0.1, -0.05) is 244 Å². The van der Waals surface area contributed by atoms with Crippen LogP contribution in [-0.2, 0) is 19.1 Å². The van der Waals surface area contributed by atoms with Gasteiger partial charge in [0.2, 0.25) is 0 Å². The molecule has 0 rings (SSSR count). The van der Waals surface area contributed by atoms with Gasteiger partial charge >= 0.3 is 11.9 Å². The summed E-state index contributed by atoms with van der Waals surface area (Å²) in [4.78, 5) is 24.5. The number of allylic oxidation sites excluding steroid dienone is 22. The fourth-order valence-corrected chi connectivity index (χ4v) is 7.35. The monoisotopic (exact) mass is 939 g/mol. The molecule has 0 aromatic rings. The maximum atomic E-state index is 12.3. The maximum absolute atomic E-state index is 12.3. The van der Waals surface area contributed by atoms with Gasteiger partial charge in [0.1, 0.15) is 6.61 Å². The molecule has 0 aliphatic heterocycles. The highest BCUT2D eigenvalue weighted by molar-refractivity contribution is 5.70. The molecule has 1 N–H and O–H groups in total. The van der Waals surface area contributed by atoms with E-state index in [1.54, 1.807) is 0 Å². The van der Waals surface area contributed by atoms with Crippen LogP contribution >= 0.6 is 0 Å². The van der Waals surface area contributed by atoms with E-state index in [2.05, 4.69) is 148 Å². The second kappa shape index (κ2) is 57.4. The molecule has 68 heavy (non-hydrogen) atoms. The smallest absolute Gasteiger partial charge is 0.306 e. The van der Waals surface area contributed by atoms with Crippen LogP contribution in [0.4, 0.5) is 0 Å². The van der Waals surface area contributed by atoms with Crippen LogP contribution in [0, 0.1) is 0 Å². The molecule has 0 fully saturated rings. The average Bonchev–Trinajstić information content (AvgIpc) is 3.34. The second-order valence-corrected chi connectivity index (χ2v) is 17.9. The fourth-order valence-electron chi connectivity index (χ4n) is 7.35. The molecule has 0 saturated heterocycles.